The molecule has 0 aliphatic carbocycles. The molecule has 0 fully saturated rings. The minimum absolute atomic E-state index is 0.183. The highest BCUT2D eigenvalue weighted by Gasteiger charge is 2.09. The van der Waals surface area contributed by atoms with Crippen LogP contribution in [0.2, 0.25) is 0 Å². The predicted molar refractivity (Wildman–Crippen MR) is 99.4 cm³/mol. The Labute approximate surface area is 153 Å². The number of benzene rings is 2. The largest absolute Gasteiger partial charge is 0.489 e. The van der Waals surface area contributed by atoms with Crippen LogP contribution in [0.5, 0.6) is 5.75 Å². The van der Waals surface area contributed by atoms with Crippen LogP contribution in [0.1, 0.15) is 18.1 Å². The third-order valence-electron chi connectivity index (χ3n) is 3.03. The van der Waals surface area contributed by atoms with E-state index in [0.29, 0.717) is 17.9 Å². The molecule has 2 rings (SSSR count). The Hall–Kier alpha value is -2.35. The van der Waals surface area contributed by atoms with Crippen molar-refractivity contribution in [2.75, 3.05) is 0 Å². The first-order valence-corrected chi connectivity index (χ1v) is 8.22. The van der Waals surface area contributed by atoms with Crippen molar-refractivity contribution in [2.24, 2.45) is 0 Å². The molecule has 6 heteroatoms. The molecular weight excluding hydrogens is 421 g/mol. The van der Waals surface area contributed by atoms with E-state index in [2.05, 4.69) is 27.9 Å². The molecule has 2 N–H and O–H groups in total. The van der Waals surface area contributed by atoms with Gasteiger partial charge in [-0.15, -0.1) is 0 Å². The molecule has 0 aromatic heterocycles. The Bertz CT molecular complexity index is 769. The number of hydrogen-bond acceptors (Lipinski definition) is 3. The van der Waals surface area contributed by atoms with E-state index in [1.165, 1.54) is 13.0 Å². The van der Waals surface area contributed by atoms with Crippen LogP contribution in [-0.2, 0) is 16.2 Å². The van der Waals surface area contributed by atoms with Gasteiger partial charge in [-0.25, -0.2) is 4.79 Å². The summed E-state index contributed by atoms with van der Waals surface area (Å²) in [6.45, 7) is 1.68. The Balaban J connectivity index is 2.11. The number of aliphatic carboxylic acids is 1. The molecule has 0 aliphatic heterocycles. The molecule has 0 saturated carbocycles. The first kappa shape index (κ1) is 18.0. The van der Waals surface area contributed by atoms with Gasteiger partial charge in [-0.3, -0.25) is 4.79 Å². The second kappa shape index (κ2) is 8.49. The van der Waals surface area contributed by atoms with E-state index in [0.717, 1.165) is 9.13 Å². The van der Waals surface area contributed by atoms with Crippen LogP contribution in [0, 0.1) is 3.57 Å². The molecule has 2 aromatic rings. The van der Waals surface area contributed by atoms with Crippen LogP contribution in [0.25, 0.3) is 6.08 Å². The first-order valence-electron chi connectivity index (χ1n) is 7.14. The maximum Gasteiger partial charge on any atom is 0.352 e. The number of ether oxygens (including phenoxy) is 1. The van der Waals surface area contributed by atoms with Crippen LogP contribution in [-0.4, -0.2) is 17.0 Å². The maximum absolute atomic E-state index is 11.1. The Morgan fingerprint density at radius 1 is 1.21 bits per heavy atom. The van der Waals surface area contributed by atoms with Crippen molar-refractivity contribution in [1.29, 1.82) is 0 Å². The van der Waals surface area contributed by atoms with Crippen LogP contribution >= 0.6 is 22.6 Å². The molecule has 5 nitrogen and oxygen atoms in total. The molecule has 0 spiro atoms. The molecule has 0 saturated heterocycles. The van der Waals surface area contributed by atoms with Gasteiger partial charge in [0.05, 0.1) is 0 Å². The number of nitrogens with one attached hydrogen (secondary N) is 1. The molecule has 0 unspecified atom stereocenters. The van der Waals surface area contributed by atoms with Gasteiger partial charge >= 0.3 is 5.97 Å². The van der Waals surface area contributed by atoms with E-state index in [1.54, 1.807) is 24.3 Å². The molecule has 1 amide bonds. The second-order valence-corrected chi connectivity index (χ2v) is 6.28. The minimum Gasteiger partial charge on any atom is -0.489 e. The van der Waals surface area contributed by atoms with Gasteiger partial charge in [0.1, 0.15) is 18.1 Å². The van der Waals surface area contributed by atoms with Crippen LogP contribution < -0.4 is 10.1 Å². The van der Waals surface area contributed by atoms with Crippen molar-refractivity contribution in [3.63, 3.8) is 0 Å². The summed E-state index contributed by atoms with van der Waals surface area (Å²) in [5.74, 6) is -1.01. The monoisotopic (exact) mass is 437 g/mol. The molecule has 0 atom stereocenters. The second-order valence-electron chi connectivity index (χ2n) is 5.03. The summed E-state index contributed by atoms with van der Waals surface area (Å²) < 4.78 is 6.88. The Kier molecular flexibility index (Phi) is 6.36. The average Bonchev–Trinajstić information content (AvgIpc) is 2.53. The van der Waals surface area contributed by atoms with Gasteiger partial charge in [-0.2, -0.15) is 0 Å². The standard InChI is InChI=1S/C18H16INO4/c1-12(21)20-17(18(22)23)10-14-3-2-4-16(9-14)24-11-13-5-7-15(19)8-6-13/h2-10H,11H2,1H3,(H,20,21)(H,22,23). The van der Waals surface area contributed by atoms with Gasteiger partial charge in [-0.1, -0.05) is 24.3 Å². The van der Waals surface area contributed by atoms with Crippen molar-refractivity contribution >= 4 is 40.5 Å². The number of rotatable bonds is 6. The van der Waals surface area contributed by atoms with Crippen LogP contribution in [0.3, 0.4) is 0 Å². The number of hydrogen-bond donors (Lipinski definition) is 2. The van der Waals surface area contributed by atoms with Crippen molar-refractivity contribution < 1.29 is 19.4 Å². The smallest absolute Gasteiger partial charge is 0.352 e. The molecule has 0 heterocycles. The SMILES string of the molecule is CC(=O)NC(=Cc1cccc(OCc2ccc(I)cc2)c1)C(=O)O. The molecular formula is C18H16INO4. The zero-order chi connectivity index (χ0) is 17.5. The summed E-state index contributed by atoms with van der Waals surface area (Å²) in [4.78, 5) is 22.2. The number of carbonyl (C=O) groups is 2. The zero-order valence-electron chi connectivity index (χ0n) is 13.0. The molecule has 0 radical (unpaired) electrons. The molecule has 24 heavy (non-hydrogen) atoms. The zero-order valence-corrected chi connectivity index (χ0v) is 15.1. The lowest BCUT2D eigenvalue weighted by Gasteiger charge is -2.08. The fourth-order valence-corrected chi connectivity index (χ4v) is 2.31. The number of carbonyl (C=O) groups excluding carboxylic acids is 1. The van der Waals surface area contributed by atoms with Gasteiger partial charge in [0.15, 0.2) is 0 Å². The fourth-order valence-electron chi connectivity index (χ4n) is 1.95. The van der Waals surface area contributed by atoms with E-state index in [-0.39, 0.29) is 5.70 Å². The summed E-state index contributed by atoms with van der Waals surface area (Å²) in [6.07, 6.45) is 1.39. The highest BCUT2D eigenvalue weighted by molar-refractivity contribution is 14.1. The number of amides is 1. The van der Waals surface area contributed by atoms with E-state index in [1.807, 2.05) is 24.3 Å². The van der Waals surface area contributed by atoms with Gasteiger partial charge < -0.3 is 15.2 Å². The van der Waals surface area contributed by atoms with Crippen molar-refractivity contribution in [1.82, 2.24) is 5.32 Å². The summed E-state index contributed by atoms with van der Waals surface area (Å²) >= 11 is 2.24. The van der Waals surface area contributed by atoms with Gasteiger partial charge in [-0.05, 0) is 64.1 Å². The van der Waals surface area contributed by atoms with E-state index in [9.17, 15) is 9.59 Å². The number of carboxylic acid groups (broad SMARTS) is 1. The number of halogens is 1. The van der Waals surface area contributed by atoms with Gasteiger partial charge in [0, 0.05) is 10.5 Å². The molecule has 2 aromatic carbocycles. The first-order chi connectivity index (χ1) is 11.4. The van der Waals surface area contributed by atoms with Crippen molar-refractivity contribution in [3.8, 4) is 5.75 Å². The van der Waals surface area contributed by atoms with Crippen LogP contribution in [0.4, 0.5) is 0 Å². The molecule has 0 bridgehead atoms. The van der Waals surface area contributed by atoms with Gasteiger partial charge in [0.25, 0.3) is 0 Å². The lowest BCUT2D eigenvalue weighted by Crippen LogP contribution is -2.24. The Morgan fingerprint density at radius 2 is 1.92 bits per heavy atom. The third kappa shape index (κ3) is 5.69. The minimum atomic E-state index is -1.20. The molecule has 0 aliphatic rings. The summed E-state index contributed by atoms with van der Waals surface area (Å²) in [6, 6.07) is 15.0. The Morgan fingerprint density at radius 3 is 2.54 bits per heavy atom. The summed E-state index contributed by atoms with van der Waals surface area (Å²) in [7, 11) is 0. The lowest BCUT2D eigenvalue weighted by atomic mass is 10.1. The van der Waals surface area contributed by atoms with E-state index in [4.69, 9.17) is 9.84 Å². The number of carboxylic acids is 1. The summed E-state index contributed by atoms with van der Waals surface area (Å²) in [5.41, 5.74) is 1.49. The van der Waals surface area contributed by atoms with E-state index < -0.39 is 11.9 Å². The fraction of sp³-hybridized carbons (Fsp3) is 0.111. The quantitative estimate of drug-likeness (QED) is 0.537. The van der Waals surface area contributed by atoms with Gasteiger partial charge in [0.2, 0.25) is 5.91 Å². The summed E-state index contributed by atoms with van der Waals surface area (Å²) in [5, 5.41) is 11.4. The molecule has 124 valence electrons. The third-order valence-corrected chi connectivity index (χ3v) is 3.75. The maximum atomic E-state index is 11.1. The highest BCUT2D eigenvalue weighted by Crippen LogP contribution is 2.17. The highest BCUT2D eigenvalue weighted by atomic mass is 127. The lowest BCUT2D eigenvalue weighted by molar-refractivity contribution is -0.134. The van der Waals surface area contributed by atoms with E-state index >= 15 is 0 Å². The van der Waals surface area contributed by atoms with Crippen molar-refractivity contribution in [3.05, 3.63) is 68.9 Å². The normalized spacial score (nSPS) is 11.0. The van der Waals surface area contributed by atoms with Crippen LogP contribution in [0.15, 0.2) is 54.2 Å². The topological polar surface area (TPSA) is 75.6 Å². The average molecular weight is 437 g/mol. The van der Waals surface area contributed by atoms with Crippen molar-refractivity contribution in [2.45, 2.75) is 13.5 Å². The predicted octanol–water partition coefficient (Wildman–Crippen LogP) is 3.43.